The van der Waals surface area contributed by atoms with E-state index < -0.39 is 47.8 Å². The zero-order chi connectivity index (χ0) is 41.2. The van der Waals surface area contributed by atoms with Gasteiger partial charge in [0.2, 0.25) is 11.8 Å². The topological polar surface area (TPSA) is 192 Å². The standard InChI is InChI=1S/C42H56N8O6/c1-21(2)31-37-43-35(25(9)49(37)19-27-13-11-15-29(51)17-27)41(55)48-34(24(7)8)40(54)46-32(22(3)4)38-44-36(42(56)47-33(23(5)6)39(53)45-31)26(10)50(38)20-28-14-12-16-30(52)18-28/h11-18,21-24,31-34,51-52H,19-20H2,1-10H3,(H,45,53)(H,46,54)(H,47,56)(H,48,55)/t31-,32-,33-,34-/m0/s1. The number of amides is 4. The predicted octanol–water partition coefficient (Wildman–Crippen LogP) is 5.05. The average molecular weight is 769 g/mol. The van der Waals surface area contributed by atoms with Crippen molar-refractivity contribution in [2.45, 2.75) is 106 Å². The van der Waals surface area contributed by atoms with Crippen LogP contribution in [-0.2, 0) is 22.7 Å². The van der Waals surface area contributed by atoms with Crippen LogP contribution in [0.3, 0.4) is 0 Å². The van der Waals surface area contributed by atoms with Crippen molar-refractivity contribution in [3.05, 3.63) is 94.1 Å². The molecule has 300 valence electrons. The lowest BCUT2D eigenvalue weighted by molar-refractivity contribution is -0.125. The summed E-state index contributed by atoms with van der Waals surface area (Å²) in [6.07, 6.45) is 0. The first-order valence-corrected chi connectivity index (χ1v) is 19.3. The third-order valence-electron chi connectivity index (χ3n) is 10.4. The van der Waals surface area contributed by atoms with Gasteiger partial charge in [-0.15, -0.1) is 0 Å². The highest BCUT2D eigenvalue weighted by atomic mass is 16.3. The smallest absolute Gasteiger partial charge is 0.272 e. The second-order valence-corrected chi connectivity index (χ2v) is 16.2. The molecule has 4 atom stereocenters. The van der Waals surface area contributed by atoms with E-state index in [0.29, 0.717) is 23.0 Å². The van der Waals surface area contributed by atoms with E-state index in [1.165, 1.54) is 0 Å². The molecule has 2 aromatic carbocycles. The van der Waals surface area contributed by atoms with Crippen LogP contribution < -0.4 is 21.3 Å². The highest BCUT2D eigenvalue weighted by Crippen LogP contribution is 2.29. The minimum Gasteiger partial charge on any atom is -0.508 e. The molecule has 1 aliphatic rings. The lowest BCUT2D eigenvalue weighted by Crippen LogP contribution is -2.52. The van der Waals surface area contributed by atoms with E-state index in [9.17, 15) is 29.4 Å². The number of imidazole rings is 2. The highest BCUT2D eigenvalue weighted by molar-refractivity contribution is 5.98. The number of phenolic OH excluding ortho intramolecular Hbond substituents is 2. The molecule has 2 aromatic heterocycles. The molecule has 0 unspecified atom stereocenters. The molecule has 4 amide bonds. The Hall–Kier alpha value is -5.66. The number of aromatic hydroxyl groups is 2. The van der Waals surface area contributed by atoms with Crippen molar-refractivity contribution in [2.75, 3.05) is 0 Å². The van der Waals surface area contributed by atoms with E-state index in [1.807, 2.05) is 76.7 Å². The van der Waals surface area contributed by atoms with Gasteiger partial charge in [-0.1, -0.05) is 79.7 Å². The summed E-state index contributed by atoms with van der Waals surface area (Å²) in [4.78, 5) is 66.8. The molecule has 56 heavy (non-hydrogen) atoms. The lowest BCUT2D eigenvalue weighted by Gasteiger charge is -2.28. The Morgan fingerprint density at radius 3 is 1.20 bits per heavy atom. The van der Waals surface area contributed by atoms with Crippen LogP contribution in [0, 0.1) is 37.5 Å². The summed E-state index contributed by atoms with van der Waals surface area (Å²) in [5, 5.41) is 32.7. The number of hydrogen-bond donors (Lipinski definition) is 6. The van der Waals surface area contributed by atoms with Crippen LogP contribution in [0.2, 0.25) is 0 Å². The van der Waals surface area contributed by atoms with Gasteiger partial charge < -0.3 is 40.6 Å². The van der Waals surface area contributed by atoms with Gasteiger partial charge in [-0.05, 0) is 72.9 Å². The van der Waals surface area contributed by atoms with Crippen molar-refractivity contribution >= 4 is 23.6 Å². The zero-order valence-electron chi connectivity index (χ0n) is 34.0. The number of benzene rings is 2. The fourth-order valence-corrected chi connectivity index (χ4v) is 7.12. The van der Waals surface area contributed by atoms with E-state index in [4.69, 9.17) is 9.97 Å². The maximum absolute atomic E-state index is 14.3. The number of hydrogen-bond acceptors (Lipinski definition) is 8. The number of rotatable bonds is 8. The van der Waals surface area contributed by atoms with Crippen molar-refractivity contribution in [1.29, 1.82) is 0 Å². The number of carbonyl (C=O) groups is 4. The summed E-state index contributed by atoms with van der Waals surface area (Å²) in [5.74, 6) is -2.11. The number of phenols is 2. The average Bonchev–Trinajstić information content (AvgIpc) is 3.61. The summed E-state index contributed by atoms with van der Waals surface area (Å²) in [6, 6.07) is 10.2. The SMILES string of the molecule is Cc1c2nc(n1Cc1cccc(O)c1)[C@H](C(C)C)NC(=O)[C@H](C(C)C)NC(=O)c1nc(n(Cc3cccc(O)c3)c1C)[C@H](C(C)C)NC(=O)[C@H](C(C)C)NC2=O. The highest BCUT2D eigenvalue weighted by Gasteiger charge is 2.37. The number of nitrogens with one attached hydrogen (secondary N) is 4. The first kappa shape index (κ1) is 41.5. The maximum atomic E-state index is 14.3. The third-order valence-corrected chi connectivity index (χ3v) is 10.4. The molecule has 1 aliphatic heterocycles. The molecule has 0 radical (unpaired) electrons. The third kappa shape index (κ3) is 8.90. The van der Waals surface area contributed by atoms with Crippen LogP contribution in [-0.4, -0.2) is 65.0 Å². The number of aromatic nitrogens is 4. The van der Waals surface area contributed by atoms with Crippen molar-refractivity contribution in [3.8, 4) is 11.5 Å². The van der Waals surface area contributed by atoms with Crippen LogP contribution in [0.1, 0.15) is 123 Å². The molecule has 4 bridgehead atoms. The molecule has 0 fully saturated rings. The van der Waals surface area contributed by atoms with Crippen LogP contribution in [0.4, 0.5) is 0 Å². The predicted molar refractivity (Wildman–Crippen MR) is 212 cm³/mol. The fourth-order valence-electron chi connectivity index (χ4n) is 7.12. The van der Waals surface area contributed by atoms with Crippen molar-refractivity contribution in [1.82, 2.24) is 40.4 Å². The second-order valence-electron chi connectivity index (χ2n) is 16.2. The van der Waals surface area contributed by atoms with Crippen LogP contribution in [0.5, 0.6) is 11.5 Å². The number of nitrogens with zero attached hydrogens (tertiary/aromatic N) is 4. The Balaban J connectivity index is 1.69. The normalized spacial score (nSPS) is 19.8. The molecule has 6 N–H and O–H groups in total. The number of carbonyl (C=O) groups excluding carboxylic acids is 4. The molecule has 5 rings (SSSR count). The first-order chi connectivity index (χ1) is 26.4. The Kier molecular flexibility index (Phi) is 12.6. The maximum Gasteiger partial charge on any atom is 0.272 e. The molecule has 14 nitrogen and oxygen atoms in total. The molecule has 4 aromatic rings. The fraction of sp³-hybridized carbons (Fsp3) is 0.476. The quantitative estimate of drug-likeness (QED) is 0.143. The van der Waals surface area contributed by atoms with E-state index in [0.717, 1.165) is 11.1 Å². The van der Waals surface area contributed by atoms with Crippen molar-refractivity contribution in [2.24, 2.45) is 23.7 Å². The van der Waals surface area contributed by atoms with E-state index >= 15 is 0 Å². The second kappa shape index (κ2) is 17.0. The summed E-state index contributed by atoms with van der Waals surface area (Å²) in [6.45, 7) is 19.0. The van der Waals surface area contributed by atoms with Gasteiger partial charge in [-0.2, -0.15) is 0 Å². The van der Waals surface area contributed by atoms with Gasteiger partial charge in [0, 0.05) is 24.5 Å². The molecule has 0 spiro atoms. The molecule has 0 saturated carbocycles. The Labute approximate surface area is 328 Å². The Morgan fingerprint density at radius 1 is 0.554 bits per heavy atom. The van der Waals surface area contributed by atoms with Crippen LogP contribution in [0.25, 0.3) is 0 Å². The van der Waals surface area contributed by atoms with Gasteiger partial charge in [0.1, 0.15) is 46.6 Å². The molecule has 0 saturated heterocycles. The monoisotopic (exact) mass is 768 g/mol. The summed E-state index contributed by atoms with van der Waals surface area (Å²) in [5.41, 5.74) is 2.69. The minimum absolute atomic E-state index is 0.0818. The van der Waals surface area contributed by atoms with Crippen molar-refractivity contribution in [3.63, 3.8) is 0 Å². The molecule has 14 heteroatoms. The van der Waals surface area contributed by atoms with Gasteiger partial charge >= 0.3 is 0 Å². The summed E-state index contributed by atoms with van der Waals surface area (Å²) in [7, 11) is 0. The van der Waals surface area contributed by atoms with E-state index in [2.05, 4.69) is 21.3 Å². The van der Waals surface area contributed by atoms with Crippen molar-refractivity contribution < 1.29 is 29.4 Å². The zero-order valence-corrected chi connectivity index (χ0v) is 34.0. The lowest BCUT2D eigenvalue weighted by atomic mass is 9.99. The van der Waals surface area contributed by atoms with E-state index in [-0.39, 0.29) is 59.6 Å². The minimum atomic E-state index is -0.979. The molecular weight excluding hydrogens is 713 g/mol. The van der Waals surface area contributed by atoms with Gasteiger partial charge in [-0.25, -0.2) is 9.97 Å². The Morgan fingerprint density at radius 2 is 0.893 bits per heavy atom. The van der Waals surface area contributed by atoms with Crippen LogP contribution in [0.15, 0.2) is 48.5 Å². The largest absolute Gasteiger partial charge is 0.508 e. The summed E-state index contributed by atoms with van der Waals surface area (Å²) >= 11 is 0. The molecular formula is C42H56N8O6. The molecule has 0 aliphatic carbocycles. The van der Waals surface area contributed by atoms with Gasteiger partial charge in [0.25, 0.3) is 11.8 Å². The first-order valence-electron chi connectivity index (χ1n) is 19.3. The van der Waals surface area contributed by atoms with E-state index in [1.54, 1.807) is 50.2 Å². The number of fused-ring (bicyclic) bond motifs is 4. The van der Waals surface area contributed by atoms with Gasteiger partial charge in [0.15, 0.2) is 0 Å². The van der Waals surface area contributed by atoms with Gasteiger partial charge in [-0.3, -0.25) is 19.2 Å². The van der Waals surface area contributed by atoms with Gasteiger partial charge in [0.05, 0.1) is 12.1 Å². The summed E-state index contributed by atoms with van der Waals surface area (Å²) < 4.78 is 3.68. The molecule has 3 heterocycles. The Bertz CT molecular complexity index is 1950. The van der Waals surface area contributed by atoms with Crippen LogP contribution >= 0.6 is 0 Å².